The summed E-state index contributed by atoms with van der Waals surface area (Å²) in [5, 5.41) is 6.32. The van der Waals surface area contributed by atoms with Gasteiger partial charge in [-0.05, 0) is 31.2 Å². The van der Waals surface area contributed by atoms with Crippen molar-refractivity contribution in [3.8, 4) is 5.75 Å². The number of nitrogens with one attached hydrogen (secondary N) is 2. The van der Waals surface area contributed by atoms with Gasteiger partial charge in [0.15, 0.2) is 0 Å². The van der Waals surface area contributed by atoms with Crippen molar-refractivity contribution >= 4 is 29.2 Å². The quantitative estimate of drug-likeness (QED) is 0.739. The molecule has 1 aliphatic heterocycles. The molecule has 0 saturated carbocycles. The summed E-state index contributed by atoms with van der Waals surface area (Å²) in [6, 6.07) is 14.3. The van der Waals surface area contributed by atoms with E-state index in [1.165, 1.54) is 0 Å². The molecule has 2 aromatic rings. The molecule has 2 N–H and O–H groups in total. The molecule has 1 aliphatic rings. The van der Waals surface area contributed by atoms with Crippen LogP contribution in [0.2, 0.25) is 5.02 Å². The number of halogens is 1. The molecule has 0 aromatic heterocycles. The van der Waals surface area contributed by atoms with Crippen molar-refractivity contribution in [3.63, 3.8) is 0 Å². The third-order valence-corrected chi connectivity index (χ3v) is 5.35. The zero-order valence-electron chi connectivity index (χ0n) is 17.2. The van der Waals surface area contributed by atoms with Crippen LogP contribution in [0.1, 0.15) is 12.5 Å². The SMILES string of the molecule is COc1ccccc1CNC(=O)[C@H](C)NC(=O)N1CCN(c2cccc(Cl)c2)CC1. The first-order valence-corrected chi connectivity index (χ1v) is 10.3. The molecule has 30 heavy (non-hydrogen) atoms. The highest BCUT2D eigenvalue weighted by Gasteiger charge is 2.24. The van der Waals surface area contributed by atoms with E-state index in [9.17, 15) is 9.59 Å². The predicted octanol–water partition coefficient (Wildman–Crippen LogP) is 2.89. The Bertz CT molecular complexity index is 884. The standard InChI is InChI=1S/C22H27ClN4O3/c1-16(21(28)24-15-17-6-3-4-9-20(17)30-2)25-22(29)27-12-10-26(11-13-27)19-8-5-7-18(23)14-19/h3-9,14,16H,10-13,15H2,1-2H3,(H,24,28)(H,25,29)/t16-/m0/s1. The van der Waals surface area contributed by atoms with Crippen LogP contribution >= 0.6 is 11.6 Å². The van der Waals surface area contributed by atoms with E-state index < -0.39 is 6.04 Å². The van der Waals surface area contributed by atoms with Crippen LogP contribution in [0.4, 0.5) is 10.5 Å². The second-order valence-electron chi connectivity index (χ2n) is 7.15. The lowest BCUT2D eigenvalue weighted by Crippen LogP contribution is -2.55. The first kappa shape index (κ1) is 21.8. The maximum absolute atomic E-state index is 12.6. The monoisotopic (exact) mass is 430 g/mol. The lowest BCUT2D eigenvalue weighted by atomic mass is 10.2. The van der Waals surface area contributed by atoms with Gasteiger partial charge in [0.2, 0.25) is 5.91 Å². The lowest BCUT2D eigenvalue weighted by Gasteiger charge is -2.36. The van der Waals surface area contributed by atoms with Crippen LogP contribution in [0.15, 0.2) is 48.5 Å². The van der Waals surface area contributed by atoms with Gasteiger partial charge in [0, 0.05) is 49.0 Å². The smallest absolute Gasteiger partial charge is 0.318 e. The number of amides is 3. The Hall–Kier alpha value is -2.93. The molecule has 0 aliphatic carbocycles. The Labute approximate surface area is 181 Å². The highest BCUT2D eigenvalue weighted by atomic mass is 35.5. The van der Waals surface area contributed by atoms with Crippen molar-refractivity contribution in [1.82, 2.24) is 15.5 Å². The molecule has 1 heterocycles. The minimum absolute atomic E-state index is 0.235. The Morgan fingerprint density at radius 3 is 2.53 bits per heavy atom. The summed E-state index contributed by atoms with van der Waals surface area (Å²) in [6.45, 7) is 4.59. The Kier molecular flexibility index (Phi) is 7.41. The third kappa shape index (κ3) is 5.57. The Morgan fingerprint density at radius 2 is 1.83 bits per heavy atom. The van der Waals surface area contributed by atoms with Gasteiger partial charge in [-0.1, -0.05) is 35.9 Å². The van der Waals surface area contributed by atoms with Gasteiger partial charge < -0.3 is 25.2 Å². The van der Waals surface area contributed by atoms with Crippen molar-refractivity contribution < 1.29 is 14.3 Å². The Morgan fingerprint density at radius 1 is 1.10 bits per heavy atom. The fraction of sp³-hybridized carbons (Fsp3) is 0.364. The maximum atomic E-state index is 12.6. The van der Waals surface area contributed by atoms with Gasteiger partial charge in [0.05, 0.1) is 7.11 Å². The van der Waals surface area contributed by atoms with Gasteiger partial charge in [-0.25, -0.2) is 4.79 Å². The molecular formula is C22H27ClN4O3. The summed E-state index contributed by atoms with van der Waals surface area (Å²) in [7, 11) is 1.59. The molecule has 0 radical (unpaired) electrons. The van der Waals surface area contributed by atoms with Crippen LogP contribution in [0.3, 0.4) is 0 Å². The van der Waals surface area contributed by atoms with Crippen LogP contribution < -0.4 is 20.3 Å². The number of benzene rings is 2. The van der Waals surface area contributed by atoms with Crippen molar-refractivity contribution in [2.24, 2.45) is 0 Å². The minimum Gasteiger partial charge on any atom is -0.496 e. The normalized spacial score (nSPS) is 14.8. The van der Waals surface area contributed by atoms with Crippen LogP contribution in [-0.4, -0.2) is 56.2 Å². The van der Waals surface area contributed by atoms with Crippen LogP contribution in [0.5, 0.6) is 5.75 Å². The van der Waals surface area contributed by atoms with Gasteiger partial charge in [0.25, 0.3) is 0 Å². The van der Waals surface area contributed by atoms with E-state index in [4.69, 9.17) is 16.3 Å². The van der Waals surface area contributed by atoms with Gasteiger partial charge in [-0.15, -0.1) is 0 Å². The van der Waals surface area contributed by atoms with E-state index in [-0.39, 0.29) is 11.9 Å². The van der Waals surface area contributed by atoms with E-state index >= 15 is 0 Å². The maximum Gasteiger partial charge on any atom is 0.318 e. The number of carbonyl (C=O) groups excluding carboxylic acids is 2. The van der Waals surface area contributed by atoms with Crippen molar-refractivity contribution in [1.29, 1.82) is 0 Å². The molecule has 1 atom stereocenters. The fourth-order valence-corrected chi connectivity index (χ4v) is 3.55. The lowest BCUT2D eigenvalue weighted by molar-refractivity contribution is -0.122. The summed E-state index contributed by atoms with van der Waals surface area (Å²) >= 11 is 6.07. The molecule has 2 aromatic carbocycles. The molecule has 7 nitrogen and oxygen atoms in total. The second kappa shape index (κ2) is 10.2. The number of nitrogens with zero attached hydrogens (tertiary/aromatic N) is 2. The molecule has 0 unspecified atom stereocenters. The van der Waals surface area contributed by atoms with Crippen LogP contribution in [-0.2, 0) is 11.3 Å². The fourth-order valence-electron chi connectivity index (χ4n) is 3.37. The van der Waals surface area contributed by atoms with E-state index in [1.54, 1.807) is 18.9 Å². The number of para-hydroxylation sites is 1. The van der Waals surface area contributed by atoms with E-state index in [1.807, 2.05) is 48.5 Å². The third-order valence-electron chi connectivity index (χ3n) is 5.12. The summed E-state index contributed by atoms with van der Waals surface area (Å²) in [6.07, 6.45) is 0. The summed E-state index contributed by atoms with van der Waals surface area (Å²) in [5.74, 6) is 0.471. The van der Waals surface area contributed by atoms with Gasteiger partial charge >= 0.3 is 6.03 Å². The number of hydrogen-bond donors (Lipinski definition) is 2. The van der Waals surface area contributed by atoms with E-state index in [2.05, 4.69) is 15.5 Å². The van der Waals surface area contributed by atoms with E-state index in [0.29, 0.717) is 43.5 Å². The van der Waals surface area contributed by atoms with E-state index in [0.717, 1.165) is 11.3 Å². The molecule has 3 rings (SSSR count). The summed E-state index contributed by atoms with van der Waals surface area (Å²) in [5.41, 5.74) is 1.93. The number of urea groups is 1. The number of carbonyl (C=O) groups is 2. The highest BCUT2D eigenvalue weighted by Crippen LogP contribution is 2.21. The average molecular weight is 431 g/mol. The largest absolute Gasteiger partial charge is 0.496 e. The number of hydrogen-bond acceptors (Lipinski definition) is 4. The second-order valence-corrected chi connectivity index (χ2v) is 7.59. The molecule has 160 valence electrons. The number of piperazine rings is 1. The highest BCUT2D eigenvalue weighted by molar-refractivity contribution is 6.30. The van der Waals surface area contributed by atoms with Gasteiger partial charge in [-0.3, -0.25) is 4.79 Å². The van der Waals surface area contributed by atoms with Gasteiger partial charge in [-0.2, -0.15) is 0 Å². The number of ether oxygens (including phenoxy) is 1. The summed E-state index contributed by atoms with van der Waals surface area (Å²) < 4.78 is 5.29. The molecule has 0 spiro atoms. The van der Waals surface area contributed by atoms with Gasteiger partial charge in [0.1, 0.15) is 11.8 Å². The first-order chi connectivity index (χ1) is 14.5. The van der Waals surface area contributed by atoms with Crippen LogP contribution in [0.25, 0.3) is 0 Å². The van der Waals surface area contributed by atoms with Crippen molar-refractivity contribution in [3.05, 3.63) is 59.1 Å². The number of methoxy groups -OCH3 is 1. The Balaban J connectivity index is 1.45. The molecule has 3 amide bonds. The molecule has 8 heteroatoms. The first-order valence-electron chi connectivity index (χ1n) is 9.93. The number of rotatable bonds is 6. The molecule has 1 fully saturated rings. The summed E-state index contributed by atoms with van der Waals surface area (Å²) in [4.78, 5) is 28.9. The predicted molar refractivity (Wildman–Crippen MR) is 118 cm³/mol. The average Bonchev–Trinajstić information content (AvgIpc) is 2.77. The van der Waals surface area contributed by atoms with Crippen LogP contribution in [0, 0.1) is 0 Å². The zero-order chi connectivity index (χ0) is 21.5. The molecular weight excluding hydrogens is 404 g/mol. The van der Waals surface area contributed by atoms with Crippen molar-refractivity contribution in [2.75, 3.05) is 38.2 Å². The topological polar surface area (TPSA) is 73.9 Å². The number of anilines is 1. The molecule has 0 bridgehead atoms. The van der Waals surface area contributed by atoms with Crippen molar-refractivity contribution in [2.45, 2.75) is 19.5 Å². The molecule has 1 saturated heterocycles. The minimum atomic E-state index is -0.641. The zero-order valence-corrected chi connectivity index (χ0v) is 18.0.